The molecular formula is C13H18INO. The highest BCUT2D eigenvalue weighted by Crippen LogP contribution is 2.01. The maximum absolute atomic E-state index is 11.3. The zero-order valence-corrected chi connectivity index (χ0v) is 11.7. The van der Waals surface area contributed by atoms with E-state index < -0.39 is 0 Å². The molecule has 1 aromatic rings. The number of carbonyl (C=O) groups is 1. The Morgan fingerprint density at radius 3 is 2.62 bits per heavy atom. The molecule has 1 N–H and O–H groups in total. The molecule has 2 rings (SSSR count). The third-order valence-corrected chi connectivity index (χ3v) is 3.23. The van der Waals surface area contributed by atoms with Crippen LogP contribution in [0.25, 0.3) is 0 Å². The third kappa shape index (κ3) is 3.56. The molecule has 88 valence electrons. The van der Waals surface area contributed by atoms with Crippen LogP contribution in [0.2, 0.25) is 0 Å². The lowest BCUT2D eigenvalue weighted by molar-refractivity contribution is -0.938. The van der Waals surface area contributed by atoms with Crippen LogP contribution in [0, 0.1) is 0 Å². The number of quaternary nitrogens is 1. The molecule has 0 aliphatic carbocycles. The van der Waals surface area contributed by atoms with E-state index in [9.17, 15) is 4.79 Å². The Kier molecular flexibility index (Phi) is 5.41. The van der Waals surface area contributed by atoms with E-state index in [1.165, 1.54) is 5.56 Å². The summed E-state index contributed by atoms with van der Waals surface area (Å²) in [5.74, 6) is 0.430. The molecule has 0 saturated carbocycles. The molecule has 1 aliphatic rings. The number of Topliss-reactive ketones (excluding diaryl/α,β-unsaturated/α-hetero) is 1. The first-order chi connectivity index (χ1) is 7.25. The van der Waals surface area contributed by atoms with Gasteiger partial charge < -0.3 is 28.9 Å². The monoisotopic (exact) mass is 331 g/mol. The number of likely N-dealkylation sites (tertiary alicyclic amines) is 1. The smallest absolute Gasteiger partial charge is 0.144 e. The SMILES string of the molecule is CC1CC(=O)CC[NH+]1Cc1ccccc1.[I-]. The standard InChI is InChI=1S/C13H17NO.HI/c1-11-9-13(15)7-8-14(11)10-12-5-3-2-4-6-12;/h2-6,11H,7-10H2,1H3;1H. The number of rotatable bonds is 2. The molecule has 1 aromatic carbocycles. The highest BCUT2D eigenvalue weighted by molar-refractivity contribution is 5.79. The zero-order valence-electron chi connectivity index (χ0n) is 9.58. The molecule has 2 unspecified atom stereocenters. The molecule has 0 bridgehead atoms. The first-order valence-electron chi connectivity index (χ1n) is 5.66. The Labute approximate surface area is 114 Å². The van der Waals surface area contributed by atoms with Crippen molar-refractivity contribution in [2.45, 2.75) is 32.4 Å². The summed E-state index contributed by atoms with van der Waals surface area (Å²) in [6, 6.07) is 11.0. The first-order valence-corrected chi connectivity index (χ1v) is 5.66. The summed E-state index contributed by atoms with van der Waals surface area (Å²) in [6.45, 7) is 4.22. The van der Waals surface area contributed by atoms with E-state index in [4.69, 9.17) is 0 Å². The van der Waals surface area contributed by atoms with Crippen molar-refractivity contribution in [3.8, 4) is 0 Å². The Morgan fingerprint density at radius 2 is 2.00 bits per heavy atom. The van der Waals surface area contributed by atoms with Crippen molar-refractivity contribution in [1.29, 1.82) is 0 Å². The summed E-state index contributed by atoms with van der Waals surface area (Å²) in [5.41, 5.74) is 1.37. The minimum Gasteiger partial charge on any atom is -1.00 e. The molecule has 0 spiro atoms. The van der Waals surface area contributed by atoms with Crippen LogP contribution in [0.4, 0.5) is 0 Å². The Morgan fingerprint density at radius 1 is 1.31 bits per heavy atom. The molecule has 2 atom stereocenters. The highest BCUT2D eigenvalue weighted by Gasteiger charge is 2.26. The lowest BCUT2D eigenvalue weighted by Crippen LogP contribution is -3.15. The predicted octanol–water partition coefficient (Wildman–Crippen LogP) is -2.17. The van der Waals surface area contributed by atoms with Crippen LogP contribution in [0.5, 0.6) is 0 Å². The number of halogens is 1. The normalized spacial score (nSPS) is 24.9. The van der Waals surface area contributed by atoms with Crippen LogP contribution >= 0.6 is 0 Å². The molecule has 1 saturated heterocycles. The fraction of sp³-hybridized carbons (Fsp3) is 0.462. The van der Waals surface area contributed by atoms with Crippen LogP contribution in [0.1, 0.15) is 25.3 Å². The van der Waals surface area contributed by atoms with Crippen LogP contribution in [-0.4, -0.2) is 18.4 Å². The van der Waals surface area contributed by atoms with E-state index in [2.05, 4.69) is 31.2 Å². The van der Waals surface area contributed by atoms with Gasteiger partial charge in [-0.25, -0.2) is 0 Å². The van der Waals surface area contributed by atoms with Gasteiger partial charge in [0, 0.05) is 5.56 Å². The second-order valence-electron chi connectivity index (χ2n) is 4.46. The summed E-state index contributed by atoms with van der Waals surface area (Å²) < 4.78 is 0. The number of piperidine rings is 1. The van der Waals surface area contributed by atoms with E-state index in [0.717, 1.165) is 25.9 Å². The Bertz CT molecular complexity index is 339. The zero-order chi connectivity index (χ0) is 10.7. The van der Waals surface area contributed by atoms with Crippen molar-refractivity contribution >= 4 is 5.78 Å². The molecule has 2 nitrogen and oxygen atoms in total. The number of nitrogens with one attached hydrogen (secondary N) is 1. The largest absolute Gasteiger partial charge is 1.00 e. The second-order valence-corrected chi connectivity index (χ2v) is 4.46. The number of ketones is 1. The van der Waals surface area contributed by atoms with Crippen molar-refractivity contribution in [1.82, 2.24) is 0 Å². The minimum absolute atomic E-state index is 0. The van der Waals surface area contributed by atoms with Crippen molar-refractivity contribution < 1.29 is 33.7 Å². The summed E-state index contributed by atoms with van der Waals surface area (Å²) in [5, 5.41) is 0. The average Bonchev–Trinajstić information content (AvgIpc) is 2.24. The van der Waals surface area contributed by atoms with Gasteiger partial charge in [-0.3, -0.25) is 4.79 Å². The van der Waals surface area contributed by atoms with Crippen molar-refractivity contribution in [2.24, 2.45) is 0 Å². The van der Waals surface area contributed by atoms with E-state index >= 15 is 0 Å². The van der Waals surface area contributed by atoms with Crippen molar-refractivity contribution in [3.05, 3.63) is 35.9 Å². The fourth-order valence-electron chi connectivity index (χ4n) is 2.25. The molecular weight excluding hydrogens is 313 g/mol. The number of hydrogen-bond donors (Lipinski definition) is 1. The summed E-state index contributed by atoms with van der Waals surface area (Å²) in [4.78, 5) is 12.8. The predicted molar refractivity (Wildman–Crippen MR) is 59.7 cm³/mol. The van der Waals surface area contributed by atoms with Gasteiger partial charge in [-0.2, -0.15) is 0 Å². The van der Waals surface area contributed by atoms with Crippen LogP contribution < -0.4 is 28.9 Å². The van der Waals surface area contributed by atoms with Gasteiger partial charge in [-0.05, 0) is 6.92 Å². The highest BCUT2D eigenvalue weighted by atomic mass is 127. The summed E-state index contributed by atoms with van der Waals surface area (Å²) >= 11 is 0. The molecule has 3 heteroatoms. The Hall–Kier alpha value is -0.420. The first kappa shape index (κ1) is 13.6. The van der Waals surface area contributed by atoms with Gasteiger partial charge >= 0.3 is 0 Å². The number of hydrogen-bond acceptors (Lipinski definition) is 1. The van der Waals surface area contributed by atoms with Crippen molar-refractivity contribution in [3.63, 3.8) is 0 Å². The lowest BCUT2D eigenvalue weighted by atomic mass is 10.0. The van der Waals surface area contributed by atoms with Gasteiger partial charge in [0.05, 0.1) is 25.4 Å². The second kappa shape index (κ2) is 6.35. The number of carbonyl (C=O) groups excluding carboxylic acids is 1. The van der Waals surface area contributed by atoms with Gasteiger partial charge in [-0.15, -0.1) is 0 Å². The molecule has 1 aliphatic heterocycles. The fourth-order valence-corrected chi connectivity index (χ4v) is 2.25. The number of benzene rings is 1. The topological polar surface area (TPSA) is 21.5 Å². The molecule has 1 fully saturated rings. The summed E-state index contributed by atoms with van der Waals surface area (Å²) in [7, 11) is 0. The van der Waals surface area contributed by atoms with E-state index in [-0.39, 0.29) is 24.0 Å². The van der Waals surface area contributed by atoms with Gasteiger partial charge in [0.15, 0.2) is 0 Å². The molecule has 16 heavy (non-hydrogen) atoms. The maximum atomic E-state index is 11.3. The minimum atomic E-state index is 0. The van der Waals surface area contributed by atoms with E-state index in [1.54, 1.807) is 4.90 Å². The molecule has 0 aromatic heterocycles. The quantitative estimate of drug-likeness (QED) is 0.612. The Balaban J connectivity index is 0.00000128. The van der Waals surface area contributed by atoms with Gasteiger partial charge in [0.1, 0.15) is 12.3 Å². The van der Waals surface area contributed by atoms with Gasteiger partial charge in [0.2, 0.25) is 0 Å². The van der Waals surface area contributed by atoms with E-state index in [1.807, 2.05) is 6.07 Å². The maximum Gasteiger partial charge on any atom is 0.144 e. The molecule has 0 amide bonds. The average molecular weight is 331 g/mol. The molecule has 0 radical (unpaired) electrons. The third-order valence-electron chi connectivity index (χ3n) is 3.23. The van der Waals surface area contributed by atoms with E-state index in [0.29, 0.717) is 11.8 Å². The van der Waals surface area contributed by atoms with Crippen LogP contribution in [-0.2, 0) is 11.3 Å². The van der Waals surface area contributed by atoms with Crippen LogP contribution in [0.15, 0.2) is 30.3 Å². The van der Waals surface area contributed by atoms with Gasteiger partial charge in [0.25, 0.3) is 0 Å². The van der Waals surface area contributed by atoms with Crippen LogP contribution in [0.3, 0.4) is 0 Å². The summed E-state index contributed by atoms with van der Waals surface area (Å²) in [6.07, 6.45) is 1.51. The lowest BCUT2D eigenvalue weighted by Gasteiger charge is -2.29. The molecule has 1 heterocycles. The van der Waals surface area contributed by atoms with Crippen molar-refractivity contribution in [2.75, 3.05) is 6.54 Å². The van der Waals surface area contributed by atoms with Gasteiger partial charge in [-0.1, -0.05) is 30.3 Å².